The summed E-state index contributed by atoms with van der Waals surface area (Å²) >= 11 is 13.0. The van der Waals surface area contributed by atoms with Crippen LogP contribution in [-0.2, 0) is 20.9 Å². The van der Waals surface area contributed by atoms with Crippen molar-refractivity contribution in [3.05, 3.63) is 75.2 Å². The molecule has 0 atom stereocenters. The monoisotopic (exact) mass is 477 g/mol. The van der Waals surface area contributed by atoms with Crippen molar-refractivity contribution >= 4 is 63.1 Å². The van der Waals surface area contributed by atoms with E-state index in [0.717, 1.165) is 0 Å². The Morgan fingerprint density at radius 3 is 2.52 bits per heavy atom. The summed E-state index contributed by atoms with van der Waals surface area (Å²) in [6.07, 6.45) is 0. The van der Waals surface area contributed by atoms with Crippen molar-refractivity contribution in [2.45, 2.75) is 13.5 Å². The highest BCUT2D eigenvalue weighted by molar-refractivity contribution is 7.14. The largest absolute Gasteiger partial charge is 0.458 e. The molecule has 7 nitrogen and oxygen atoms in total. The maximum atomic E-state index is 12.1. The number of anilines is 2. The standard InChI is InChI=1S/C21H17Cl2N3O4S/c1-13(27)26(16-5-3-2-4-6-16)21-25-15(12-31-21)11-30-19(28)10-24-20(29)14-7-8-17(22)18(23)9-14/h2-9,12H,10-11H2,1H3,(H,24,29). The lowest BCUT2D eigenvalue weighted by molar-refractivity contribution is -0.143. The van der Waals surface area contributed by atoms with Gasteiger partial charge >= 0.3 is 5.97 Å². The third kappa shape index (κ3) is 6.04. The number of nitrogens with zero attached hydrogens (tertiary/aromatic N) is 2. The molecule has 1 aromatic heterocycles. The maximum absolute atomic E-state index is 12.1. The molecule has 0 aliphatic rings. The number of nitrogens with one attached hydrogen (secondary N) is 1. The number of rotatable bonds is 7. The van der Waals surface area contributed by atoms with Gasteiger partial charge in [-0.25, -0.2) is 4.98 Å². The molecule has 0 saturated heterocycles. The van der Waals surface area contributed by atoms with Gasteiger partial charge in [-0.3, -0.25) is 19.3 Å². The number of halogens is 2. The average Bonchev–Trinajstić information content (AvgIpc) is 3.21. The zero-order valence-electron chi connectivity index (χ0n) is 16.3. The van der Waals surface area contributed by atoms with Crippen LogP contribution in [-0.4, -0.2) is 29.3 Å². The molecule has 160 valence electrons. The SMILES string of the molecule is CC(=O)N(c1ccccc1)c1nc(COC(=O)CNC(=O)c2ccc(Cl)c(Cl)c2)cs1. The predicted molar refractivity (Wildman–Crippen MR) is 120 cm³/mol. The number of carbonyl (C=O) groups is 3. The van der Waals surface area contributed by atoms with E-state index in [-0.39, 0.29) is 29.6 Å². The number of amides is 2. The normalized spacial score (nSPS) is 10.4. The summed E-state index contributed by atoms with van der Waals surface area (Å²) in [5, 5.41) is 5.20. The van der Waals surface area contributed by atoms with Crippen LogP contribution < -0.4 is 10.2 Å². The van der Waals surface area contributed by atoms with Crippen LogP contribution in [0.5, 0.6) is 0 Å². The van der Waals surface area contributed by atoms with Crippen molar-refractivity contribution < 1.29 is 19.1 Å². The van der Waals surface area contributed by atoms with Crippen molar-refractivity contribution in [2.24, 2.45) is 0 Å². The third-order valence-corrected chi connectivity index (χ3v) is 5.63. The molecule has 2 amide bonds. The van der Waals surface area contributed by atoms with Crippen LogP contribution in [0.2, 0.25) is 10.0 Å². The summed E-state index contributed by atoms with van der Waals surface area (Å²) in [7, 11) is 0. The van der Waals surface area contributed by atoms with Gasteiger partial charge in [-0.2, -0.15) is 0 Å². The molecule has 0 spiro atoms. The first kappa shape index (κ1) is 22.7. The van der Waals surface area contributed by atoms with Crippen LogP contribution in [0, 0.1) is 0 Å². The van der Waals surface area contributed by atoms with Gasteiger partial charge in [0.2, 0.25) is 5.91 Å². The average molecular weight is 478 g/mol. The summed E-state index contributed by atoms with van der Waals surface area (Å²) in [4.78, 5) is 42.0. The smallest absolute Gasteiger partial charge is 0.325 e. The van der Waals surface area contributed by atoms with E-state index in [1.54, 1.807) is 17.5 Å². The van der Waals surface area contributed by atoms with Crippen LogP contribution in [0.4, 0.5) is 10.8 Å². The van der Waals surface area contributed by atoms with Gasteiger partial charge < -0.3 is 10.1 Å². The number of carbonyl (C=O) groups excluding carboxylic acids is 3. The van der Waals surface area contributed by atoms with E-state index in [4.69, 9.17) is 27.9 Å². The van der Waals surface area contributed by atoms with E-state index < -0.39 is 11.9 Å². The Balaban J connectivity index is 1.54. The van der Waals surface area contributed by atoms with Crippen LogP contribution in [0.3, 0.4) is 0 Å². The molecule has 0 saturated carbocycles. The number of hydrogen-bond acceptors (Lipinski definition) is 6. The van der Waals surface area contributed by atoms with E-state index in [1.807, 2.05) is 18.2 Å². The molecule has 0 aliphatic carbocycles. The van der Waals surface area contributed by atoms with Crippen molar-refractivity contribution in [1.82, 2.24) is 10.3 Å². The topological polar surface area (TPSA) is 88.6 Å². The number of esters is 1. The highest BCUT2D eigenvalue weighted by Gasteiger charge is 2.18. The van der Waals surface area contributed by atoms with Gasteiger partial charge in [0, 0.05) is 17.9 Å². The second kappa shape index (κ2) is 10.4. The second-order valence-electron chi connectivity index (χ2n) is 6.28. The number of thiazole rings is 1. The van der Waals surface area contributed by atoms with Gasteiger partial charge in [0.05, 0.1) is 21.4 Å². The maximum Gasteiger partial charge on any atom is 0.325 e. The van der Waals surface area contributed by atoms with E-state index in [2.05, 4.69) is 10.3 Å². The quantitative estimate of drug-likeness (QED) is 0.502. The van der Waals surface area contributed by atoms with Crippen molar-refractivity contribution in [3.8, 4) is 0 Å². The first-order valence-electron chi connectivity index (χ1n) is 9.04. The van der Waals surface area contributed by atoms with E-state index >= 15 is 0 Å². The number of hydrogen-bond donors (Lipinski definition) is 1. The zero-order chi connectivity index (χ0) is 22.4. The van der Waals surface area contributed by atoms with Crippen LogP contribution in [0.15, 0.2) is 53.9 Å². The summed E-state index contributed by atoms with van der Waals surface area (Å²) in [6, 6.07) is 13.5. The first-order valence-corrected chi connectivity index (χ1v) is 10.7. The Labute approximate surface area is 192 Å². The molecule has 1 heterocycles. The van der Waals surface area contributed by atoms with E-state index in [9.17, 15) is 14.4 Å². The van der Waals surface area contributed by atoms with Gasteiger partial charge in [-0.1, -0.05) is 41.4 Å². The lowest BCUT2D eigenvalue weighted by atomic mass is 10.2. The minimum Gasteiger partial charge on any atom is -0.458 e. The molecule has 1 N–H and O–H groups in total. The molecule has 3 aromatic rings. The fourth-order valence-electron chi connectivity index (χ4n) is 2.57. The first-order chi connectivity index (χ1) is 14.8. The molecule has 0 radical (unpaired) electrons. The zero-order valence-corrected chi connectivity index (χ0v) is 18.6. The van der Waals surface area contributed by atoms with Crippen LogP contribution in [0.25, 0.3) is 0 Å². The summed E-state index contributed by atoms with van der Waals surface area (Å²) in [5.74, 6) is -1.30. The lowest BCUT2D eigenvalue weighted by Gasteiger charge is -2.17. The minimum atomic E-state index is -0.630. The molecular weight excluding hydrogens is 461 g/mol. The fourth-order valence-corrected chi connectivity index (χ4v) is 3.74. The highest BCUT2D eigenvalue weighted by atomic mass is 35.5. The fraction of sp³-hybridized carbons (Fsp3) is 0.143. The molecule has 10 heteroatoms. The van der Waals surface area contributed by atoms with E-state index in [0.29, 0.717) is 21.5 Å². The van der Waals surface area contributed by atoms with Gasteiger partial charge in [0.15, 0.2) is 5.13 Å². The minimum absolute atomic E-state index is 0.0848. The Morgan fingerprint density at radius 2 is 1.84 bits per heavy atom. The lowest BCUT2D eigenvalue weighted by Crippen LogP contribution is -2.30. The van der Waals surface area contributed by atoms with Crippen molar-refractivity contribution in [2.75, 3.05) is 11.4 Å². The Bertz CT molecular complexity index is 1110. The van der Waals surface area contributed by atoms with E-state index in [1.165, 1.54) is 41.4 Å². The van der Waals surface area contributed by atoms with Crippen molar-refractivity contribution in [3.63, 3.8) is 0 Å². The van der Waals surface area contributed by atoms with Crippen molar-refractivity contribution in [1.29, 1.82) is 0 Å². The summed E-state index contributed by atoms with van der Waals surface area (Å²) < 4.78 is 5.16. The van der Waals surface area contributed by atoms with Crippen LogP contribution >= 0.6 is 34.5 Å². The Morgan fingerprint density at radius 1 is 1.10 bits per heavy atom. The molecule has 0 fully saturated rings. The van der Waals surface area contributed by atoms with Crippen LogP contribution in [0.1, 0.15) is 23.0 Å². The summed E-state index contributed by atoms with van der Waals surface area (Å²) in [5.41, 5.74) is 1.46. The molecule has 31 heavy (non-hydrogen) atoms. The number of para-hydroxylation sites is 1. The van der Waals surface area contributed by atoms with Gasteiger partial charge in [0.25, 0.3) is 5.91 Å². The predicted octanol–water partition coefficient (Wildman–Crippen LogP) is 4.61. The Hall–Kier alpha value is -2.94. The Kier molecular flexibility index (Phi) is 7.62. The summed E-state index contributed by atoms with van der Waals surface area (Å²) in [6.45, 7) is 1.04. The van der Waals surface area contributed by atoms with Gasteiger partial charge in [-0.05, 0) is 30.3 Å². The number of ether oxygens (including phenoxy) is 1. The molecule has 0 bridgehead atoms. The molecular formula is C21H17Cl2N3O4S. The third-order valence-electron chi connectivity index (χ3n) is 4.02. The second-order valence-corrected chi connectivity index (χ2v) is 7.93. The molecule has 3 rings (SSSR count). The number of aromatic nitrogens is 1. The molecule has 0 aliphatic heterocycles. The number of benzene rings is 2. The highest BCUT2D eigenvalue weighted by Crippen LogP contribution is 2.29. The molecule has 2 aromatic carbocycles. The van der Waals surface area contributed by atoms with Gasteiger partial charge in [-0.15, -0.1) is 11.3 Å². The molecule has 0 unspecified atom stereocenters. The van der Waals surface area contributed by atoms with Gasteiger partial charge in [0.1, 0.15) is 13.2 Å².